The van der Waals surface area contributed by atoms with Crippen molar-refractivity contribution in [3.05, 3.63) is 133 Å². The van der Waals surface area contributed by atoms with E-state index < -0.39 is 18.0 Å². The van der Waals surface area contributed by atoms with Gasteiger partial charge in [-0.1, -0.05) is 65.9 Å². The Morgan fingerprint density at radius 1 is 0.880 bits per heavy atom. The maximum Gasteiger partial charge on any atom is 0.343 e. The Hall–Kier alpha value is -5.68. The van der Waals surface area contributed by atoms with Crippen LogP contribution in [0.15, 0.2) is 106 Å². The first-order chi connectivity index (χ1) is 24.3. The van der Waals surface area contributed by atoms with Crippen molar-refractivity contribution in [1.29, 1.82) is 0 Å². The van der Waals surface area contributed by atoms with Crippen molar-refractivity contribution in [2.24, 2.45) is 4.99 Å². The monoisotopic (exact) mass is 692 g/mol. The topological polar surface area (TPSA) is 115 Å². The van der Waals surface area contributed by atoms with E-state index in [-0.39, 0.29) is 24.3 Å². The third-order valence-electron chi connectivity index (χ3n) is 8.07. The molecule has 0 aliphatic carbocycles. The summed E-state index contributed by atoms with van der Waals surface area (Å²) in [4.78, 5) is 44.3. The predicted molar refractivity (Wildman–Crippen MR) is 190 cm³/mol. The zero-order valence-electron chi connectivity index (χ0n) is 28.1. The number of esters is 2. The van der Waals surface area contributed by atoms with Gasteiger partial charge < -0.3 is 23.7 Å². The van der Waals surface area contributed by atoms with E-state index in [1.165, 1.54) is 28.4 Å². The van der Waals surface area contributed by atoms with E-state index in [0.717, 1.165) is 16.5 Å². The molecular weight excluding hydrogens is 657 g/mol. The van der Waals surface area contributed by atoms with E-state index in [1.807, 2.05) is 43.3 Å². The van der Waals surface area contributed by atoms with E-state index in [1.54, 1.807) is 38.1 Å². The van der Waals surface area contributed by atoms with E-state index in [2.05, 4.69) is 40.1 Å². The highest BCUT2D eigenvalue weighted by molar-refractivity contribution is 7.07. The van der Waals surface area contributed by atoms with Crippen LogP contribution in [-0.4, -0.2) is 43.4 Å². The van der Waals surface area contributed by atoms with E-state index in [0.29, 0.717) is 51.1 Å². The summed E-state index contributed by atoms with van der Waals surface area (Å²) >= 11 is 1.23. The highest BCUT2D eigenvalue weighted by Crippen LogP contribution is 2.36. The van der Waals surface area contributed by atoms with Gasteiger partial charge in [0.15, 0.2) is 22.9 Å². The van der Waals surface area contributed by atoms with Crippen LogP contribution in [-0.2, 0) is 25.7 Å². The zero-order valence-corrected chi connectivity index (χ0v) is 29.0. The number of hydrogen-bond donors (Lipinski definition) is 0. The molecule has 1 aliphatic heterocycles. The first-order valence-corrected chi connectivity index (χ1v) is 17.0. The first kappa shape index (κ1) is 34.2. The zero-order chi connectivity index (χ0) is 35.2. The third kappa shape index (κ3) is 7.32. The van der Waals surface area contributed by atoms with Crippen LogP contribution in [0.4, 0.5) is 0 Å². The van der Waals surface area contributed by atoms with Crippen LogP contribution in [0.25, 0.3) is 16.8 Å². The summed E-state index contributed by atoms with van der Waals surface area (Å²) in [7, 11) is 1.28. The van der Waals surface area contributed by atoms with Crippen molar-refractivity contribution in [2.45, 2.75) is 33.4 Å². The average molecular weight is 693 g/mol. The number of benzene rings is 4. The van der Waals surface area contributed by atoms with Crippen LogP contribution < -0.4 is 29.1 Å². The van der Waals surface area contributed by atoms with Gasteiger partial charge in [0.25, 0.3) is 5.56 Å². The van der Waals surface area contributed by atoms with Crippen molar-refractivity contribution in [3.63, 3.8) is 0 Å². The summed E-state index contributed by atoms with van der Waals surface area (Å²) in [5.41, 5.74) is 2.82. The minimum absolute atomic E-state index is 0.152. The maximum absolute atomic E-state index is 14.1. The number of fused-ring (bicyclic) bond motifs is 2. The average Bonchev–Trinajstić information content (AvgIpc) is 3.43. The van der Waals surface area contributed by atoms with Gasteiger partial charge in [0.2, 0.25) is 0 Å². The molecule has 2 heterocycles. The van der Waals surface area contributed by atoms with Gasteiger partial charge in [-0.3, -0.25) is 9.36 Å². The Balaban J connectivity index is 1.32. The minimum Gasteiger partial charge on any atom is -0.490 e. The van der Waals surface area contributed by atoms with Crippen LogP contribution in [0, 0.1) is 0 Å². The van der Waals surface area contributed by atoms with Crippen molar-refractivity contribution in [2.75, 3.05) is 26.9 Å². The van der Waals surface area contributed by atoms with Crippen molar-refractivity contribution < 1.29 is 33.3 Å². The Kier molecular flexibility index (Phi) is 10.4. The second-order valence-electron chi connectivity index (χ2n) is 11.3. The molecule has 1 aliphatic rings. The summed E-state index contributed by atoms with van der Waals surface area (Å²) in [5.74, 6) is 0.246. The van der Waals surface area contributed by atoms with E-state index in [4.69, 9.17) is 18.9 Å². The van der Waals surface area contributed by atoms with Crippen LogP contribution in [0.1, 0.15) is 43.5 Å². The summed E-state index contributed by atoms with van der Waals surface area (Å²) in [6.45, 7) is 5.84. The number of ether oxygens (including phenoxy) is 5. The number of carbonyl (C=O) groups is 2. The molecule has 0 N–H and O–H groups in total. The molecular formula is C39H36N2O8S. The molecule has 0 fully saturated rings. The van der Waals surface area contributed by atoms with Crippen LogP contribution in [0.5, 0.6) is 17.2 Å². The van der Waals surface area contributed by atoms with E-state index >= 15 is 0 Å². The lowest BCUT2D eigenvalue weighted by molar-refractivity contribution is -0.143. The molecule has 6 rings (SSSR count). The largest absolute Gasteiger partial charge is 0.490 e. The van der Waals surface area contributed by atoms with Gasteiger partial charge >= 0.3 is 11.9 Å². The Bertz CT molecular complexity index is 2270. The summed E-state index contributed by atoms with van der Waals surface area (Å²) in [5, 5.41) is 2.34. The number of rotatable bonds is 12. The molecule has 1 atom stereocenters. The number of nitrogens with zero attached hydrogens (tertiary/aromatic N) is 2. The minimum atomic E-state index is -0.854. The molecule has 0 amide bonds. The van der Waals surface area contributed by atoms with Gasteiger partial charge in [-0.25, -0.2) is 14.6 Å². The number of aromatic nitrogens is 1. The fourth-order valence-corrected chi connectivity index (χ4v) is 6.74. The normalized spacial score (nSPS) is 14.2. The van der Waals surface area contributed by atoms with Crippen LogP contribution in [0.2, 0.25) is 0 Å². The Morgan fingerprint density at radius 2 is 1.66 bits per heavy atom. The molecule has 256 valence electrons. The molecule has 0 saturated carbocycles. The van der Waals surface area contributed by atoms with Gasteiger partial charge in [0, 0.05) is 0 Å². The highest BCUT2D eigenvalue weighted by atomic mass is 32.1. The van der Waals surface area contributed by atoms with Gasteiger partial charge in [-0.05, 0) is 84.6 Å². The van der Waals surface area contributed by atoms with Gasteiger partial charge in [-0.2, -0.15) is 0 Å². The van der Waals surface area contributed by atoms with Crippen molar-refractivity contribution in [3.8, 4) is 17.2 Å². The number of methoxy groups -OCH3 is 1. The fraction of sp³-hybridized carbons (Fsp3) is 0.231. The predicted octanol–water partition coefficient (Wildman–Crippen LogP) is 5.48. The SMILES string of the molecule is CCOC(=O)C1=C(C)N=c2s/c(=C\c3ccc(OCc4ccc5ccccc5c4)cc3)c(=O)n2[C@@H]1c1ccc(OCC(=O)OC)c(OCC)c1. The number of thiazole rings is 1. The van der Waals surface area contributed by atoms with Gasteiger partial charge in [0.1, 0.15) is 12.4 Å². The fourth-order valence-electron chi connectivity index (χ4n) is 5.69. The number of allylic oxidation sites excluding steroid dienone is 1. The lowest BCUT2D eigenvalue weighted by atomic mass is 9.95. The smallest absolute Gasteiger partial charge is 0.343 e. The number of hydrogen-bond acceptors (Lipinski definition) is 10. The molecule has 5 aromatic rings. The van der Waals surface area contributed by atoms with Gasteiger partial charge in [0.05, 0.1) is 42.2 Å². The maximum atomic E-state index is 14.1. The summed E-state index contributed by atoms with van der Waals surface area (Å²) in [6.07, 6.45) is 1.80. The molecule has 0 radical (unpaired) electrons. The molecule has 4 aromatic carbocycles. The molecule has 50 heavy (non-hydrogen) atoms. The molecule has 10 nitrogen and oxygen atoms in total. The van der Waals surface area contributed by atoms with Gasteiger partial charge in [-0.15, -0.1) is 0 Å². The second kappa shape index (κ2) is 15.3. The summed E-state index contributed by atoms with van der Waals surface area (Å²) in [6, 6.07) is 26.2. The third-order valence-corrected chi connectivity index (χ3v) is 9.05. The molecule has 0 saturated heterocycles. The lowest BCUT2D eigenvalue weighted by Crippen LogP contribution is -2.40. The molecule has 0 bridgehead atoms. The standard InChI is InChI=1S/C39H36N2O8S/c1-5-46-32-21-29(15-18-31(32)49-23-34(42)45-4)36-35(38(44)47-6-2)24(3)40-39-41(36)37(43)33(50-39)20-25-12-16-30(17-13-25)48-22-26-11-14-27-9-7-8-10-28(27)19-26/h7-21,36H,5-6,22-23H2,1-4H3/b33-20-/t36-/m1/s1. The molecule has 0 unspecified atom stereocenters. The first-order valence-electron chi connectivity index (χ1n) is 16.2. The summed E-state index contributed by atoms with van der Waals surface area (Å²) < 4.78 is 29.6. The number of carbonyl (C=O) groups excluding carboxylic acids is 2. The van der Waals surface area contributed by atoms with E-state index in [9.17, 15) is 14.4 Å². The lowest BCUT2D eigenvalue weighted by Gasteiger charge is -2.25. The highest BCUT2D eigenvalue weighted by Gasteiger charge is 2.34. The van der Waals surface area contributed by atoms with Crippen molar-refractivity contribution in [1.82, 2.24) is 4.57 Å². The van der Waals surface area contributed by atoms with Crippen LogP contribution in [0.3, 0.4) is 0 Å². The molecule has 11 heteroatoms. The second-order valence-corrected chi connectivity index (χ2v) is 12.4. The van der Waals surface area contributed by atoms with Crippen molar-refractivity contribution >= 4 is 40.1 Å². The Labute approximate surface area is 292 Å². The molecule has 1 aromatic heterocycles. The Morgan fingerprint density at radius 3 is 2.40 bits per heavy atom. The quantitative estimate of drug-likeness (QED) is 0.158. The van der Waals surface area contributed by atoms with Crippen LogP contribution >= 0.6 is 11.3 Å². The molecule has 0 spiro atoms.